The van der Waals surface area contributed by atoms with E-state index in [1.54, 1.807) is 18.2 Å². The molecule has 0 aliphatic rings. The standard InChI is InChI=1S/C17H14Cl2O2/c1-2-11-3-5-12(6-4-11)14(10-17(20)21)13-7-8-15(18)16(19)9-13/h3-10H,2H2,1H3,(H,20,21)/b14-10-. The average Bonchev–Trinajstić information content (AvgIpc) is 2.48. The lowest BCUT2D eigenvalue weighted by atomic mass is 9.96. The third-order valence-corrected chi connectivity index (χ3v) is 3.91. The topological polar surface area (TPSA) is 37.3 Å². The fourth-order valence-electron chi connectivity index (χ4n) is 2.04. The maximum Gasteiger partial charge on any atom is 0.328 e. The Hall–Kier alpha value is -1.77. The smallest absolute Gasteiger partial charge is 0.328 e. The third-order valence-electron chi connectivity index (χ3n) is 3.17. The molecule has 0 amide bonds. The van der Waals surface area contributed by atoms with Crippen molar-refractivity contribution in [2.45, 2.75) is 13.3 Å². The van der Waals surface area contributed by atoms with E-state index in [-0.39, 0.29) is 0 Å². The van der Waals surface area contributed by atoms with Crippen LogP contribution in [-0.2, 0) is 11.2 Å². The lowest BCUT2D eigenvalue weighted by Crippen LogP contribution is -1.95. The molecule has 0 saturated heterocycles. The Kier molecular flexibility index (Phi) is 5.05. The van der Waals surface area contributed by atoms with Gasteiger partial charge in [0.25, 0.3) is 0 Å². The van der Waals surface area contributed by atoms with E-state index in [1.165, 1.54) is 11.6 Å². The molecule has 2 rings (SSSR count). The first-order valence-corrected chi connectivity index (χ1v) is 7.26. The molecule has 0 saturated carbocycles. The number of benzene rings is 2. The van der Waals surface area contributed by atoms with E-state index in [4.69, 9.17) is 28.3 Å². The first-order chi connectivity index (χ1) is 10.0. The highest BCUT2D eigenvalue weighted by Gasteiger charge is 2.09. The van der Waals surface area contributed by atoms with Crippen molar-refractivity contribution in [2.24, 2.45) is 0 Å². The zero-order valence-corrected chi connectivity index (χ0v) is 12.9. The van der Waals surface area contributed by atoms with E-state index in [0.29, 0.717) is 15.6 Å². The molecule has 108 valence electrons. The minimum absolute atomic E-state index is 0.399. The van der Waals surface area contributed by atoms with Crippen LogP contribution in [0.4, 0.5) is 0 Å². The summed E-state index contributed by atoms with van der Waals surface area (Å²) >= 11 is 11.9. The van der Waals surface area contributed by atoms with Crippen LogP contribution < -0.4 is 0 Å². The van der Waals surface area contributed by atoms with Gasteiger partial charge in [-0.15, -0.1) is 0 Å². The summed E-state index contributed by atoms with van der Waals surface area (Å²) in [5, 5.41) is 9.94. The van der Waals surface area contributed by atoms with Crippen molar-refractivity contribution in [1.29, 1.82) is 0 Å². The van der Waals surface area contributed by atoms with Crippen molar-refractivity contribution in [1.82, 2.24) is 0 Å². The summed E-state index contributed by atoms with van der Waals surface area (Å²) in [6, 6.07) is 12.9. The number of rotatable bonds is 4. The Morgan fingerprint density at radius 3 is 2.19 bits per heavy atom. The van der Waals surface area contributed by atoms with Gasteiger partial charge in [0.05, 0.1) is 10.0 Å². The molecular formula is C17H14Cl2O2. The lowest BCUT2D eigenvalue weighted by Gasteiger charge is -2.10. The summed E-state index contributed by atoms with van der Waals surface area (Å²) in [7, 11) is 0. The minimum atomic E-state index is -1.00. The number of hydrogen-bond donors (Lipinski definition) is 1. The van der Waals surface area contributed by atoms with Crippen LogP contribution in [0.3, 0.4) is 0 Å². The molecule has 0 aromatic heterocycles. The van der Waals surface area contributed by atoms with Gasteiger partial charge >= 0.3 is 5.97 Å². The largest absolute Gasteiger partial charge is 0.478 e. The molecule has 0 atom stereocenters. The van der Waals surface area contributed by atoms with Crippen molar-refractivity contribution in [3.63, 3.8) is 0 Å². The van der Waals surface area contributed by atoms with Crippen molar-refractivity contribution < 1.29 is 9.90 Å². The van der Waals surface area contributed by atoms with Gasteiger partial charge in [-0.05, 0) is 40.8 Å². The van der Waals surface area contributed by atoms with Crippen molar-refractivity contribution in [3.05, 3.63) is 75.3 Å². The van der Waals surface area contributed by atoms with E-state index in [2.05, 4.69) is 6.92 Å². The highest BCUT2D eigenvalue weighted by Crippen LogP contribution is 2.29. The van der Waals surface area contributed by atoms with Gasteiger partial charge in [0.2, 0.25) is 0 Å². The zero-order valence-electron chi connectivity index (χ0n) is 11.4. The molecule has 21 heavy (non-hydrogen) atoms. The second kappa shape index (κ2) is 6.79. The van der Waals surface area contributed by atoms with Crippen molar-refractivity contribution in [2.75, 3.05) is 0 Å². The minimum Gasteiger partial charge on any atom is -0.478 e. The monoisotopic (exact) mass is 320 g/mol. The van der Waals surface area contributed by atoms with E-state index in [0.717, 1.165) is 17.5 Å². The maximum atomic E-state index is 11.1. The highest BCUT2D eigenvalue weighted by atomic mass is 35.5. The van der Waals surface area contributed by atoms with Crippen LogP contribution in [0.5, 0.6) is 0 Å². The van der Waals surface area contributed by atoms with E-state index >= 15 is 0 Å². The van der Waals surface area contributed by atoms with Gasteiger partial charge < -0.3 is 5.11 Å². The molecule has 2 nitrogen and oxygen atoms in total. The van der Waals surface area contributed by atoms with Crippen LogP contribution in [0.2, 0.25) is 10.0 Å². The van der Waals surface area contributed by atoms with Gasteiger partial charge in [-0.3, -0.25) is 0 Å². The zero-order chi connectivity index (χ0) is 15.4. The number of carbonyl (C=O) groups is 1. The Balaban J connectivity index is 2.52. The van der Waals surface area contributed by atoms with Crippen LogP contribution in [0.25, 0.3) is 5.57 Å². The summed E-state index contributed by atoms with van der Waals surface area (Å²) in [6.45, 7) is 2.07. The molecule has 2 aromatic carbocycles. The fraction of sp³-hybridized carbons (Fsp3) is 0.118. The average molecular weight is 321 g/mol. The summed E-state index contributed by atoms with van der Waals surface area (Å²) in [4.78, 5) is 11.1. The number of hydrogen-bond acceptors (Lipinski definition) is 1. The van der Waals surface area contributed by atoms with Crippen molar-refractivity contribution >= 4 is 34.7 Å². The molecule has 0 spiro atoms. The Morgan fingerprint density at radius 2 is 1.67 bits per heavy atom. The Labute approximate surface area is 133 Å². The molecule has 0 aliphatic carbocycles. The van der Waals surface area contributed by atoms with Gasteiger partial charge in [0.15, 0.2) is 0 Å². The van der Waals surface area contributed by atoms with E-state index in [9.17, 15) is 4.79 Å². The molecule has 0 fully saturated rings. The number of aryl methyl sites for hydroxylation is 1. The van der Waals surface area contributed by atoms with E-state index in [1.807, 2.05) is 24.3 Å². The van der Waals surface area contributed by atoms with E-state index < -0.39 is 5.97 Å². The lowest BCUT2D eigenvalue weighted by molar-refractivity contribution is -0.131. The highest BCUT2D eigenvalue weighted by molar-refractivity contribution is 6.42. The van der Waals surface area contributed by atoms with Crippen LogP contribution in [-0.4, -0.2) is 11.1 Å². The van der Waals surface area contributed by atoms with Gasteiger partial charge in [0, 0.05) is 6.08 Å². The van der Waals surface area contributed by atoms with Crippen LogP contribution >= 0.6 is 23.2 Å². The summed E-state index contributed by atoms with van der Waals surface area (Å²) < 4.78 is 0. The number of aliphatic carboxylic acids is 1. The molecular weight excluding hydrogens is 307 g/mol. The van der Waals surface area contributed by atoms with Gasteiger partial charge in [-0.25, -0.2) is 4.79 Å². The molecule has 0 bridgehead atoms. The molecule has 0 unspecified atom stereocenters. The SMILES string of the molecule is CCc1ccc(/C(=C/C(=O)O)c2ccc(Cl)c(Cl)c2)cc1. The van der Waals surface area contributed by atoms with Crippen molar-refractivity contribution in [3.8, 4) is 0 Å². The number of carboxylic acid groups (broad SMARTS) is 1. The van der Waals surface area contributed by atoms with Crippen LogP contribution in [0, 0.1) is 0 Å². The van der Waals surface area contributed by atoms with Gasteiger partial charge in [0.1, 0.15) is 0 Å². The molecule has 2 aromatic rings. The summed E-state index contributed by atoms with van der Waals surface area (Å²) in [5.74, 6) is -1.00. The molecule has 1 N–H and O–H groups in total. The molecule has 0 aliphatic heterocycles. The summed E-state index contributed by atoms with van der Waals surface area (Å²) in [6.07, 6.45) is 2.12. The van der Waals surface area contributed by atoms with Gasteiger partial charge in [-0.2, -0.15) is 0 Å². The number of carboxylic acids is 1. The number of halogens is 2. The third kappa shape index (κ3) is 3.87. The fourth-order valence-corrected chi connectivity index (χ4v) is 2.34. The summed E-state index contributed by atoms with van der Waals surface area (Å²) in [5.41, 5.74) is 3.34. The quantitative estimate of drug-likeness (QED) is 0.798. The Morgan fingerprint density at radius 1 is 1.05 bits per heavy atom. The first kappa shape index (κ1) is 15.6. The maximum absolute atomic E-state index is 11.1. The molecule has 4 heteroatoms. The first-order valence-electron chi connectivity index (χ1n) is 6.50. The Bertz CT molecular complexity index is 688. The second-order valence-electron chi connectivity index (χ2n) is 4.58. The molecule has 0 radical (unpaired) electrons. The second-order valence-corrected chi connectivity index (χ2v) is 5.39. The van der Waals surface area contributed by atoms with Crippen LogP contribution in [0.1, 0.15) is 23.6 Å². The van der Waals surface area contributed by atoms with Crippen LogP contribution in [0.15, 0.2) is 48.5 Å². The predicted molar refractivity (Wildman–Crippen MR) is 87.0 cm³/mol. The normalized spacial score (nSPS) is 11.5. The predicted octanol–water partition coefficient (Wildman–Crippen LogP) is 5.07. The van der Waals surface area contributed by atoms with Gasteiger partial charge in [-0.1, -0.05) is 60.5 Å². The molecule has 0 heterocycles.